The van der Waals surface area contributed by atoms with Crippen molar-refractivity contribution in [2.75, 3.05) is 6.61 Å². The molecular weight excluding hydrogens is 271 g/mol. The Morgan fingerprint density at radius 1 is 1.50 bits per heavy atom. The number of hydrogen-bond donors (Lipinski definition) is 1. The van der Waals surface area contributed by atoms with Gasteiger partial charge in [-0.2, -0.15) is 13.2 Å². The molecule has 0 radical (unpaired) electrons. The highest BCUT2D eigenvalue weighted by Crippen LogP contribution is 2.40. The van der Waals surface area contributed by atoms with Crippen LogP contribution in [0.25, 0.3) is 0 Å². The Kier molecular flexibility index (Phi) is 3.29. The second kappa shape index (κ2) is 4.36. The molecule has 0 aliphatic carbocycles. The number of hydrogen-bond acceptors (Lipinski definition) is 3. The van der Waals surface area contributed by atoms with Gasteiger partial charge >= 0.3 is 6.18 Å². The van der Waals surface area contributed by atoms with E-state index in [-0.39, 0.29) is 17.1 Å². The average Bonchev–Trinajstić information content (AvgIpc) is 2.58. The van der Waals surface area contributed by atoms with Gasteiger partial charge in [-0.1, -0.05) is 17.7 Å². The van der Waals surface area contributed by atoms with E-state index < -0.39 is 23.6 Å². The summed E-state index contributed by atoms with van der Waals surface area (Å²) in [5.41, 5.74) is -2.29. The van der Waals surface area contributed by atoms with E-state index in [9.17, 15) is 18.3 Å². The molecule has 1 N–H and O–H groups in total. The summed E-state index contributed by atoms with van der Waals surface area (Å²) in [7, 11) is 0. The van der Waals surface area contributed by atoms with Gasteiger partial charge < -0.3 is 9.84 Å². The van der Waals surface area contributed by atoms with Crippen molar-refractivity contribution in [2.45, 2.75) is 31.2 Å². The van der Waals surface area contributed by atoms with Crippen LogP contribution in [0, 0.1) is 0 Å². The fraction of sp³-hybridized carbons (Fsp3) is 0.545. The van der Waals surface area contributed by atoms with Gasteiger partial charge in [-0.25, -0.2) is 4.98 Å². The van der Waals surface area contributed by atoms with Gasteiger partial charge in [-0.15, -0.1) is 0 Å². The van der Waals surface area contributed by atoms with Crippen LogP contribution in [-0.4, -0.2) is 22.8 Å². The molecule has 0 bridgehead atoms. The zero-order valence-electron chi connectivity index (χ0n) is 9.46. The summed E-state index contributed by atoms with van der Waals surface area (Å²) >= 11 is 5.74. The van der Waals surface area contributed by atoms with Crippen LogP contribution in [0.2, 0.25) is 5.15 Å². The molecule has 18 heavy (non-hydrogen) atoms. The molecule has 2 atom stereocenters. The maximum atomic E-state index is 12.4. The van der Waals surface area contributed by atoms with E-state index in [2.05, 4.69) is 4.98 Å². The normalized spacial score (nSPS) is 28.7. The Morgan fingerprint density at radius 2 is 2.17 bits per heavy atom. The standard InChI is InChI=1S/C11H11ClF3NO2/c1-6-10(17,4-5-18-6)7-2-3-8(11(13,14)15)16-9(7)12/h2-3,6,17H,4-5H2,1H3. The number of aromatic nitrogens is 1. The third-order valence-electron chi connectivity index (χ3n) is 3.13. The van der Waals surface area contributed by atoms with Crippen LogP contribution in [0.3, 0.4) is 0 Å². The monoisotopic (exact) mass is 281 g/mol. The van der Waals surface area contributed by atoms with E-state index in [1.165, 1.54) is 0 Å². The highest BCUT2D eigenvalue weighted by molar-refractivity contribution is 6.30. The summed E-state index contributed by atoms with van der Waals surface area (Å²) in [6, 6.07) is 1.97. The summed E-state index contributed by atoms with van der Waals surface area (Å²) in [6.45, 7) is 1.97. The number of nitrogens with zero attached hydrogens (tertiary/aromatic N) is 1. The summed E-state index contributed by atoms with van der Waals surface area (Å²) in [6.07, 6.45) is -4.81. The van der Waals surface area contributed by atoms with Gasteiger partial charge in [0.1, 0.15) is 16.4 Å². The minimum absolute atomic E-state index is 0.169. The number of alkyl halides is 3. The molecule has 1 saturated heterocycles. The maximum Gasteiger partial charge on any atom is 0.433 e. The fourth-order valence-corrected chi connectivity index (χ4v) is 2.32. The van der Waals surface area contributed by atoms with Crippen LogP contribution in [0.15, 0.2) is 12.1 Å². The van der Waals surface area contributed by atoms with Crippen LogP contribution >= 0.6 is 11.6 Å². The lowest BCUT2D eigenvalue weighted by molar-refractivity contribution is -0.141. The van der Waals surface area contributed by atoms with Crippen molar-refractivity contribution in [1.29, 1.82) is 0 Å². The molecule has 3 nitrogen and oxygen atoms in total. The molecular formula is C11H11ClF3NO2. The first-order chi connectivity index (χ1) is 8.25. The molecule has 0 aromatic carbocycles. The number of aliphatic hydroxyl groups is 1. The van der Waals surface area contributed by atoms with Gasteiger partial charge in [-0.3, -0.25) is 0 Å². The second-order valence-electron chi connectivity index (χ2n) is 4.22. The van der Waals surface area contributed by atoms with Gasteiger partial charge in [0, 0.05) is 12.0 Å². The fourth-order valence-electron chi connectivity index (χ4n) is 2.00. The van der Waals surface area contributed by atoms with Gasteiger partial charge in [0.25, 0.3) is 0 Å². The van der Waals surface area contributed by atoms with Crippen molar-refractivity contribution in [3.05, 3.63) is 28.5 Å². The van der Waals surface area contributed by atoms with Crippen LogP contribution < -0.4 is 0 Å². The van der Waals surface area contributed by atoms with Crippen molar-refractivity contribution in [3.63, 3.8) is 0 Å². The molecule has 0 amide bonds. The van der Waals surface area contributed by atoms with Crippen LogP contribution in [-0.2, 0) is 16.5 Å². The molecule has 100 valence electrons. The predicted octanol–water partition coefficient (Wildman–Crippen LogP) is 2.75. The number of pyridine rings is 1. The van der Waals surface area contributed by atoms with E-state index in [0.29, 0.717) is 6.61 Å². The van der Waals surface area contributed by atoms with E-state index in [1.807, 2.05) is 0 Å². The minimum Gasteiger partial charge on any atom is -0.382 e. The Labute approximate surface area is 107 Å². The third kappa shape index (κ3) is 2.20. The van der Waals surface area contributed by atoms with Crippen molar-refractivity contribution in [2.24, 2.45) is 0 Å². The van der Waals surface area contributed by atoms with Crippen molar-refractivity contribution >= 4 is 11.6 Å². The zero-order chi connectivity index (χ0) is 13.6. The minimum atomic E-state index is -4.55. The SMILES string of the molecule is CC1OCCC1(O)c1ccc(C(F)(F)F)nc1Cl. The molecule has 0 spiro atoms. The topological polar surface area (TPSA) is 42.4 Å². The molecule has 1 aromatic rings. The largest absolute Gasteiger partial charge is 0.433 e. The predicted molar refractivity (Wildman–Crippen MR) is 58.2 cm³/mol. The van der Waals surface area contributed by atoms with E-state index in [0.717, 1.165) is 12.1 Å². The molecule has 1 fully saturated rings. The van der Waals surface area contributed by atoms with E-state index in [1.54, 1.807) is 6.92 Å². The first-order valence-corrected chi connectivity index (χ1v) is 5.71. The summed E-state index contributed by atoms with van der Waals surface area (Å²) in [4.78, 5) is 3.29. The van der Waals surface area contributed by atoms with Gasteiger partial charge in [0.05, 0.1) is 12.7 Å². The summed E-state index contributed by atoms with van der Waals surface area (Å²) < 4.78 is 42.5. The van der Waals surface area contributed by atoms with Crippen LogP contribution in [0.5, 0.6) is 0 Å². The van der Waals surface area contributed by atoms with Crippen molar-refractivity contribution < 1.29 is 23.0 Å². The van der Waals surface area contributed by atoms with Crippen LogP contribution in [0.4, 0.5) is 13.2 Å². The van der Waals surface area contributed by atoms with Gasteiger partial charge in [-0.05, 0) is 13.0 Å². The quantitative estimate of drug-likeness (QED) is 0.805. The molecule has 2 heterocycles. The number of halogens is 4. The highest BCUT2D eigenvalue weighted by Gasteiger charge is 2.43. The molecule has 1 aromatic heterocycles. The third-order valence-corrected chi connectivity index (χ3v) is 3.42. The molecule has 2 rings (SSSR count). The summed E-state index contributed by atoms with van der Waals surface area (Å²) in [5.74, 6) is 0. The molecule has 7 heteroatoms. The summed E-state index contributed by atoms with van der Waals surface area (Å²) in [5, 5.41) is 10.0. The van der Waals surface area contributed by atoms with Gasteiger partial charge in [0.2, 0.25) is 0 Å². The number of rotatable bonds is 1. The average molecular weight is 282 g/mol. The molecule has 0 saturated carbocycles. The van der Waals surface area contributed by atoms with Crippen molar-refractivity contribution in [1.82, 2.24) is 4.98 Å². The van der Waals surface area contributed by atoms with Crippen LogP contribution in [0.1, 0.15) is 24.6 Å². The van der Waals surface area contributed by atoms with Gasteiger partial charge in [0.15, 0.2) is 0 Å². The highest BCUT2D eigenvalue weighted by atomic mass is 35.5. The van der Waals surface area contributed by atoms with E-state index in [4.69, 9.17) is 16.3 Å². The second-order valence-corrected chi connectivity index (χ2v) is 4.58. The van der Waals surface area contributed by atoms with Crippen molar-refractivity contribution in [3.8, 4) is 0 Å². The molecule has 1 aliphatic rings. The first-order valence-electron chi connectivity index (χ1n) is 5.33. The smallest absolute Gasteiger partial charge is 0.382 e. The maximum absolute atomic E-state index is 12.4. The zero-order valence-corrected chi connectivity index (χ0v) is 10.2. The Bertz CT molecular complexity index is 466. The van der Waals surface area contributed by atoms with E-state index >= 15 is 0 Å². The first kappa shape index (κ1) is 13.6. The lowest BCUT2D eigenvalue weighted by atomic mass is 9.89. The molecule has 2 unspecified atom stereocenters. The number of ether oxygens (including phenoxy) is 1. The molecule has 1 aliphatic heterocycles. The lowest BCUT2D eigenvalue weighted by Crippen LogP contribution is -2.33. The Morgan fingerprint density at radius 3 is 2.61 bits per heavy atom. The Balaban J connectivity index is 2.42. The lowest BCUT2D eigenvalue weighted by Gasteiger charge is -2.27. The Hall–Kier alpha value is -0.850.